The van der Waals surface area contributed by atoms with Gasteiger partial charge >= 0.3 is 61.5 Å². The molecular weight excluding hydrogens is 833 g/mol. The predicted octanol–water partition coefficient (Wildman–Crippen LogP) is 8.95. The van der Waals surface area contributed by atoms with Crippen molar-refractivity contribution in [3.8, 4) is 0 Å². The minimum absolute atomic E-state index is 0.0284. The van der Waals surface area contributed by atoms with E-state index in [2.05, 4.69) is 52.9 Å². The van der Waals surface area contributed by atoms with Gasteiger partial charge in [-0.25, -0.2) is 0 Å². The molecule has 4 aromatic rings. The monoisotopic (exact) mass is 867 g/mol. The second-order valence-electron chi connectivity index (χ2n) is 10.1. The maximum atomic E-state index is 12.8. The maximum absolute atomic E-state index is 12.8. The van der Waals surface area contributed by atoms with E-state index >= 15 is 0 Å². The zero-order chi connectivity index (χ0) is 33.0. The molecule has 4 rings (SSSR count). The van der Waals surface area contributed by atoms with Gasteiger partial charge in [0.1, 0.15) is 0 Å². The molecule has 0 aliphatic carbocycles. The van der Waals surface area contributed by atoms with Crippen LogP contribution in [0.15, 0.2) is 109 Å². The predicted molar refractivity (Wildman–Crippen MR) is 187 cm³/mol. The summed E-state index contributed by atoms with van der Waals surface area (Å²) in [6.45, 7) is 4.31. The molecule has 45 heavy (non-hydrogen) atoms. The molecular formula is C36H34I2O6V. The first-order chi connectivity index (χ1) is 21.8. The number of ether oxygens (including phenoxy) is 1. The SMILES string of the molecule is CC(CCCCOC(=O)C(C)c1cccc(C(=O)c2ccccc2)c1)c1cccc(C(=O)c2ccccc2)c1.O=C=O.[I][V][I]. The Morgan fingerprint density at radius 1 is 0.667 bits per heavy atom. The summed E-state index contributed by atoms with van der Waals surface area (Å²) in [5.41, 5.74) is 4.46. The van der Waals surface area contributed by atoms with Crippen molar-refractivity contribution in [3.05, 3.63) is 143 Å². The number of esters is 1. The Morgan fingerprint density at radius 2 is 1.09 bits per heavy atom. The van der Waals surface area contributed by atoms with Gasteiger partial charge in [0.25, 0.3) is 0 Å². The second-order valence-corrected chi connectivity index (χ2v) is 21.9. The van der Waals surface area contributed by atoms with E-state index in [1.165, 1.54) is 0 Å². The molecule has 0 aromatic heterocycles. The van der Waals surface area contributed by atoms with E-state index in [1.54, 1.807) is 37.3 Å². The topological polar surface area (TPSA) is 94.6 Å². The molecule has 2 atom stereocenters. The molecule has 0 heterocycles. The fraction of sp³-hybridized carbons (Fsp3) is 0.222. The Balaban J connectivity index is 0.00000109. The third kappa shape index (κ3) is 13.2. The molecule has 0 saturated heterocycles. The van der Waals surface area contributed by atoms with Crippen molar-refractivity contribution in [2.75, 3.05) is 6.61 Å². The van der Waals surface area contributed by atoms with Crippen LogP contribution in [0.25, 0.3) is 0 Å². The molecule has 2 unspecified atom stereocenters. The molecule has 9 heteroatoms. The van der Waals surface area contributed by atoms with Gasteiger partial charge in [0.2, 0.25) is 0 Å². The quantitative estimate of drug-likeness (QED) is 0.0611. The summed E-state index contributed by atoms with van der Waals surface area (Å²) in [5, 5.41) is 0. The van der Waals surface area contributed by atoms with Crippen molar-refractivity contribution in [2.24, 2.45) is 0 Å². The molecule has 233 valence electrons. The van der Waals surface area contributed by atoms with Crippen molar-refractivity contribution in [3.63, 3.8) is 0 Å². The Kier molecular flexibility index (Phi) is 18.5. The van der Waals surface area contributed by atoms with Crippen LogP contribution in [0.4, 0.5) is 0 Å². The molecule has 0 spiro atoms. The fourth-order valence-electron chi connectivity index (χ4n) is 4.60. The number of carbonyl (C=O) groups is 3. The molecule has 0 radical (unpaired) electrons. The Hall–Kier alpha value is -2.89. The summed E-state index contributed by atoms with van der Waals surface area (Å²) < 4.78 is 5.56. The summed E-state index contributed by atoms with van der Waals surface area (Å²) in [5.74, 6) is -0.507. The van der Waals surface area contributed by atoms with Crippen molar-refractivity contribution >= 4 is 63.6 Å². The molecule has 4 aromatic carbocycles. The average molecular weight is 867 g/mol. The first kappa shape index (κ1) is 38.3. The molecule has 0 fully saturated rings. The molecule has 0 aliphatic rings. The Labute approximate surface area is 293 Å². The van der Waals surface area contributed by atoms with Crippen LogP contribution < -0.4 is 0 Å². The minimum atomic E-state index is -0.461. The fourth-order valence-corrected chi connectivity index (χ4v) is 4.60. The molecule has 0 bridgehead atoms. The number of rotatable bonds is 12. The van der Waals surface area contributed by atoms with E-state index in [0.29, 0.717) is 38.3 Å². The van der Waals surface area contributed by atoms with Crippen LogP contribution in [-0.4, -0.2) is 30.3 Å². The third-order valence-electron chi connectivity index (χ3n) is 7.07. The zero-order valence-electron chi connectivity index (χ0n) is 25.0. The molecule has 0 aliphatic heterocycles. The van der Waals surface area contributed by atoms with Gasteiger partial charge in [-0.3, -0.25) is 14.4 Å². The van der Waals surface area contributed by atoms with Gasteiger partial charge in [0.05, 0.1) is 12.5 Å². The number of halogens is 2. The average Bonchev–Trinajstić information content (AvgIpc) is 3.08. The van der Waals surface area contributed by atoms with Crippen LogP contribution in [0.2, 0.25) is 0 Å². The number of carbonyl (C=O) groups excluding carboxylic acids is 5. The number of ketones is 2. The zero-order valence-corrected chi connectivity index (χ0v) is 30.7. The summed E-state index contributed by atoms with van der Waals surface area (Å²) in [6.07, 6.45) is 2.85. The van der Waals surface area contributed by atoms with Crippen LogP contribution >= 0.6 is 40.0 Å². The standard InChI is InChI=1S/C35H34O4.CO2.2HI.V/c1-25(29-18-11-20-31(23-29)33(36)27-14-5-3-6-15-27)13-9-10-22-39-35(38)26(2)30-19-12-21-32(24-30)34(37)28-16-7-4-8-17-28;2-1-3;;;/h3-8,11-12,14-21,23-26H,9-10,13,22H2,1-2H3;;2*1H;/q;;;;+2/p-2. The van der Waals surface area contributed by atoms with Gasteiger partial charge in [-0.1, -0.05) is 104 Å². The summed E-state index contributed by atoms with van der Waals surface area (Å²) in [6, 6.07) is 33.5. The summed E-state index contributed by atoms with van der Waals surface area (Å²) in [4.78, 5) is 54.5. The second kappa shape index (κ2) is 21.8. The summed E-state index contributed by atoms with van der Waals surface area (Å²) >= 11 is 4.74. The first-order valence-corrected chi connectivity index (χ1v) is 23.3. The van der Waals surface area contributed by atoms with Gasteiger partial charge < -0.3 is 4.74 Å². The molecule has 0 amide bonds. The number of benzene rings is 4. The Morgan fingerprint density at radius 3 is 1.58 bits per heavy atom. The van der Waals surface area contributed by atoms with Crippen molar-refractivity contribution in [1.82, 2.24) is 0 Å². The van der Waals surface area contributed by atoms with E-state index in [0.717, 1.165) is 30.4 Å². The van der Waals surface area contributed by atoms with E-state index < -0.39 is 5.92 Å². The van der Waals surface area contributed by atoms with E-state index in [9.17, 15) is 14.4 Å². The van der Waals surface area contributed by atoms with Gasteiger partial charge in [-0.2, -0.15) is 9.59 Å². The van der Waals surface area contributed by atoms with Crippen LogP contribution in [-0.2, 0) is 28.6 Å². The van der Waals surface area contributed by atoms with Crippen LogP contribution in [0.3, 0.4) is 0 Å². The third-order valence-corrected chi connectivity index (χ3v) is 7.07. The van der Waals surface area contributed by atoms with E-state index in [4.69, 9.17) is 14.3 Å². The van der Waals surface area contributed by atoms with Gasteiger partial charge in [0, 0.05) is 22.3 Å². The van der Waals surface area contributed by atoms with Gasteiger partial charge in [-0.05, 0) is 55.4 Å². The summed E-state index contributed by atoms with van der Waals surface area (Å²) in [7, 11) is 0.628. The van der Waals surface area contributed by atoms with E-state index in [-0.39, 0.29) is 29.6 Å². The van der Waals surface area contributed by atoms with Crippen molar-refractivity contribution in [1.29, 1.82) is 0 Å². The number of hydrogen-bond donors (Lipinski definition) is 0. The molecule has 0 saturated carbocycles. The van der Waals surface area contributed by atoms with Crippen molar-refractivity contribution in [2.45, 2.75) is 44.9 Å². The van der Waals surface area contributed by atoms with Crippen LogP contribution in [0.1, 0.15) is 87.9 Å². The van der Waals surface area contributed by atoms with Crippen LogP contribution in [0, 0.1) is 0 Å². The van der Waals surface area contributed by atoms with Crippen molar-refractivity contribution < 1.29 is 38.2 Å². The number of hydrogen-bond acceptors (Lipinski definition) is 6. The number of unbranched alkanes of at least 4 members (excludes halogenated alkanes) is 1. The van der Waals surface area contributed by atoms with E-state index in [1.807, 2.05) is 72.8 Å². The van der Waals surface area contributed by atoms with Gasteiger partial charge in [-0.15, -0.1) is 0 Å². The normalized spacial score (nSPS) is 11.2. The first-order valence-electron chi connectivity index (χ1n) is 14.2. The molecule has 0 N–H and O–H groups in total. The Bertz CT molecular complexity index is 1540. The van der Waals surface area contributed by atoms with Gasteiger partial charge in [0.15, 0.2) is 11.6 Å². The van der Waals surface area contributed by atoms with Crippen LogP contribution in [0.5, 0.6) is 0 Å². The molecule has 6 nitrogen and oxygen atoms in total.